The molecule has 0 bridgehead atoms. The Morgan fingerprint density at radius 2 is 2.25 bits per heavy atom. The molecule has 1 fully saturated rings. The molecule has 0 spiro atoms. The van der Waals surface area contributed by atoms with Gasteiger partial charge in [0.1, 0.15) is 0 Å². The second-order valence-corrected chi connectivity index (χ2v) is 7.02. The highest BCUT2D eigenvalue weighted by Crippen LogP contribution is 2.20. The van der Waals surface area contributed by atoms with Gasteiger partial charge in [-0.15, -0.1) is 0 Å². The number of thioether (sulfide) groups is 1. The lowest BCUT2D eigenvalue weighted by molar-refractivity contribution is 0.127. The van der Waals surface area contributed by atoms with Crippen LogP contribution in [0.1, 0.15) is 33.6 Å². The Balaban J connectivity index is 2.19. The van der Waals surface area contributed by atoms with E-state index in [9.17, 15) is 0 Å². The summed E-state index contributed by atoms with van der Waals surface area (Å²) in [6.07, 6.45) is 2.37. The maximum absolute atomic E-state index is 5.63. The molecule has 0 aromatic rings. The highest BCUT2D eigenvalue weighted by atomic mass is 32.2. The maximum Gasteiger partial charge on any atom is 0.193 e. The molecule has 0 saturated carbocycles. The zero-order chi connectivity index (χ0) is 14.8. The van der Waals surface area contributed by atoms with Gasteiger partial charge in [-0.25, -0.2) is 0 Å². The minimum absolute atomic E-state index is 0.715. The van der Waals surface area contributed by atoms with Gasteiger partial charge in [0, 0.05) is 44.3 Å². The van der Waals surface area contributed by atoms with Crippen LogP contribution < -0.4 is 5.32 Å². The molecule has 1 aliphatic heterocycles. The van der Waals surface area contributed by atoms with E-state index in [1.54, 1.807) is 0 Å². The fourth-order valence-electron chi connectivity index (χ4n) is 2.15. The summed E-state index contributed by atoms with van der Waals surface area (Å²) in [6.45, 7) is 11.4. The van der Waals surface area contributed by atoms with E-state index in [1.165, 1.54) is 12.2 Å². The summed E-state index contributed by atoms with van der Waals surface area (Å²) in [6, 6.07) is 0. The van der Waals surface area contributed by atoms with E-state index >= 15 is 0 Å². The van der Waals surface area contributed by atoms with Crippen molar-refractivity contribution < 1.29 is 4.74 Å². The normalized spacial score (nSPS) is 20.6. The van der Waals surface area contributed by atoms with Crippen molar-refractivity contribution >= 4 is 17.7 Å². The van der Waals surface area contributed by atoms with Crippen LogP contribution in [0.4, 0.5) is 0 Å². The van der Waals surface area contributed by atoms with Gasteiger partial charge in [-0.3, -0.25) is 4.99 Å². The van der Waals surface area contributed by atoms with Gasteiger partial charge < -0.3 is 15.0 Å². The van der Waals surface area contributed by atoms with Gasteiger partial charge in [-0.2, -0.15) is 11.8 Å². The van der Waals surface area contributed by atoms with Crippen LogP contribution in [0.2, 0.25) is 0 Å². The van der Waals surface area contributed by atoms with Gasteiger partial charge in [0.05, 0.1) is 6.61 Å². The van der Waals surface area contributed by atoms with E-state index in [-0.39, 0.29) is 0 Å². The molecule has 4 nitrogen and oxygen atoms in total. The number of guanidine groups is 1. The zero-order valence-electron chi connectivity index (χ0n) is 13.5. The molecule has 1 heterocycles. The molecule has 1 rings (SSSR count). The molecule has 1 atom stereocenters. The summed E-state index contributed by atoms with van der Waals surface area (Å²) in [5, 5.41) is 4.15. The SMILES string of the molecule is CCC1CN(C(=NC)NCCOCCC(C)C)CCS1. The molecular formula is C15H31N3OS. The van der Waals surface area contributed by atoms with Crippen LogP contribution in [0.3, 0.4) is 0 Å². The fraction of sp³-hybridized carbons (Fsp3) is 0.933. The van der Waals surface area contributed by atoms with Gasteiger partial charge in [-0.05, 0) is 18.8 Å². The first kappa shape index (κ1) is 17.6. The smallest absolute Gasteiger partial charge is 0.193 e. The molecule has 0 aromatic heterocycles. The van der Waals surface area contributed by atoms with Crippen molar-refractivity contribution in [2.24, 2.45) is 10.9 Å². The van der Waals surface area contributed by atoms with Gasteiger partial charge in [0.25, 0.3) is 0 Å². The van der Waals surface area contributed by atoms with Crippen molar-refractivity contribution in [1.82, 2.24) is 10.2 Å². The molecule has 5 heteroatoms. The van der Waals surface area contributed by atoms with Gasteiger partial charge in [0.2, 0.25) is 0 Å². The van der Waals surface area contributed by atoms with Crippen molar-refractivity contribution in [2.45, 2.75) is 38.9 Å². The highest BCUT2D eigenvalue weighted by Gasteiger charge is 2.21. The Kier molecular flexibility index (Phi) is 9.10. The Morgan fingerprint density at radius 1 is 1.45 bits per heavy atom. The minimum Gasteiger partial charge on any atom is -0.380 e. The van der Waals surface area contributed by atoms with E-state index < -0.39 is 0 Å². The van der Waals surface area contributed by atoms with Gasteiger partial charge in [0.15, 0.2) is 5.96 Å². The second-order valence-electron chi connectivity index (χ2n) is 5.62. The number of nitrogens with one attached hydrogen (secondary N) is 1. The maximum atomic E-state index is 5.63. The number of rotatable bonds is 7. The summed E-state index contributed by atoms with van der Waals surface area (Å²) in [5.74, 6) is 2.94. The summed E-state index contributed by atoms with van der Waals surface area (Å²) in [4.78, 5) is 6.77. The molecule has 0 aromatic carbocycles. The average Bonchev–Trinajstić information content (AvgIpc) is 2.46. The topological polar surface area (TPSA) is 36.9 Å². The standard InChI is InChI=1S/C15H31N3OS/c1-5-14-12-18(8-11-20-14)15(16-4)17-7-10-19-9-6-13(2)3/h13-14H,5-12H2,1-4H3,(H,16,17). The van der Waals surface area contributed by atoms with Crippen LogP contribution in [0.25, 0.3) is 0 Å². The lowest BCUT2D eigenvalue weighted by Gasteiger charge is -2.34. The number of aliphatic imine (C=N–C) groups is 1. The predicted molar refractivity (Wildman–Crippen MR) is 89.7 cm³/mol. The van der Waals surface area contributed by atoms with Crippen LogP contribution in [0, 0.1) is 5.92 Å². The molecule has 1 N–H and O–H groups in total. The van der Waals surface area contributed by atoms with Crippen molar-refractivity contribution in [3.63, 3.8) is 0 Å². The summed E-state index contributed by atoms with van der Waals surface area (Å²) in [5.41, 5.74) is 0. The lowest BCUT2D eigenvalue weighted by Crippen LogP contribution is -2.48. The predicted octanol–water partition coefficient (Wildman–Crippen LogP) is 2.45. The number of nitrogens with zero attached hydrogens (tertiary/aromatic N) is 2. The molecule has 1 saturated heterocycles. The summed E-state index contributed by atoms with van der Waals surface area (Å²) < 4.78 is 5.63. The minimum atomic E-state index is 0.715. The molecule has 0 radical (unpaired) electrons. The molecule has 0 aliphatic carbocycles. The molecule has 118 valence electrons. The number of ether oxygens (including phenoxy) is 1. The van der Waals surface area contributed by atoms with E-state index in [4.69, 9.17) is 4.74 Å². The van der Waals surface area contributed by atoms with Crippen molar-refractivity contribution in [2.75, 3.05) is 45.6 Å². The van der Waals surface area contributed by atoms with Gasteiger partial charge >= 0.3 is 0 Å². The van der Waals surface area contributed by atoms with Crippen LogP contribution >= 0.6 is 11.8 Å². The van der Waals surface area contributed by atoms with Gasteiger partial charge in [-0.1, -0.05) is 20.8 Å². The average molecular weight is 301 g/mol. The van der Waals surface area contributed by atoms with Crippen LogP contribution in [0.5, 0.6) is 0 Å². The zero-order valence-corrected chi connectivity index (χ0v) is 14.3. The number of hydrogen-bond acceptors (Lipinski definition) is 3. The second kappa shape index (κ2) is 10.3. The third-order valence-corrected chi connectivity index (χ3v) is 4.85. The van der Waals surface area contributed by atoms with Crippen LogP contribution in [-0.4, -0.2) is 61.8 Å². The fourth-order valence-corrected chi connectivity index (χ4v) is 3.33. The molecular weight excluding hydrogens is 270 g/mol. The van der Waals surface area contributed by atoms with Crippen molar-refractivity contribution in [3.8, 4) is 0 Å². The Bertz CT molecular complexity index is 284. The first-order chi connectivity index (χ1) is 9.67. The van der Waals surface area contributed by atoms with E-state index in [0.29, 0.717) is 5.92 Å². The summed E-state index contributed by atoms with van der Waals surface area (Å²) >= 11 is 2.08. The molecule has 0 amide bonds. The Morgan fingerprint density at radius 3 is 2.90 bits per heavy atom. The third-order valence-electron chi connectivity index (χ3n) is 3.47. The van der Waals surface area contributed by atoms with E-state index in [1.807, 2.05) is 7.05 Å². The van der Waals surface area contributed by atoms with E-state index in [0.717, 1.165) is 50.5 Å². The molecule has 20 heavy (non-hydrogen) atoms. The monoisotopic (exact) mass is 301 g/mol. The molecule has 1 aliphatic rings. The van der Waals surface area contributed by atoms with Crippen molar-refractivity contribution in [1.29, 1.82) is 0 Å². The Hall–Kier alpha value is -0.420. The highest BCUT2D eigenvalue weighted by molar-refractivity contribution is 8.00. The van der Waals surface area contributed by atoms with E-state index in [2.05, 4.69) is 47.7 Å². The first-order valence-corrected chi connectivity index (χ1v) is 8.87. The largest absolute Gasteiger partial charge is 0.380 e. The van der Waals surface area contributed by atoms with Crippen LogP contribution in [-0.2, 0) is 4.74 Å². The first-order valence-electron chi connectivity index (χ1n) is 7.82. The summed E-state index contributed by atoms with van der Waals surface area (Å²) in [7, 11) is 1.87. The third kappa shape index (κ3) is 6.84. The lowest BCUT2D eigenvalue weighted by atomic mass is 10.1. The quantitative estimate of drug-likeness (QED) is 0.445. The Labute approximate surface area is 128 Å². The van der Waals surface area contributed by atoms with Crippen molar-refractivity contribution in [3.05, 3.63) is 0 Å². The number of hydrogen-bond donors (Lipinski definition) is 1. The van der Waals surface area contributed by atoms with Crippen LogP contribution in [0.15, 0.2) is 4.99 Å². The molecule has 1 unspecified atom stereocenters.